The van der Waals surface area contributed by atoms with E-state index < -0.39 is 15.2 Å². The minimum absolute atomic E-state index is 0.00430. The number of unbranched alkanes of at least 4 members (excludes halogenated alkanes) is 54. The zero-order valence-electron chi connectivity index (χ0n) is 73.8. The largest absolute Gasteiger partial charge is 0.466 e. The maximum Gasteiger partial charge on any atom is 0.360 e. The average molecular weight is 1640 g/mol. The van der Waals surface area contributed by atoms with Crippen molar-refractivity contribution >= 4 is 49.9 Å². The number of ether oxygens (including phenoxy) is 2. The standard InChI is InChI=1S/C101H170O8P2S2/c1-7-11-15-19-23-27-35-43-51-59-71-91-73-63-65-75-97(91)108-110(112-89-69-57-49-41-33-31-37-45-53-61-77-99(102)104-87-67-55-47-39-29-25-21-17-13-9-3)106-95-83-79-93(80-84-95)101(5,6)94-81-85-96(86-82-94)107-111(109-98-76-66-64-74-92(98)72-60-52-44-36-28-24-20-16-12-8-2)113-90-70-58-50-42-34-32-38-46-54-62-78-100(103)105-88-68-56-48-40-30-26-22-18-14-10-4/h63-66,73-76,79-86H,7-62,67-72,77-78,87-90H2,1-6H3. The van der Waals surface area contributed by atoms with Crippen LogP contribution in [0.3, 0.4) is 0 Å². The molecule has 0 aliphatic heterocycles. The van der Waals surface area contributed by atoms with Crippen LogP contribution in [0.2, 0.25) is 0 Å². The van der Waals surface area contributed by atoms with Gasteiger partial charge in [-0.2, -0.15) is 0 Å². The Labute approximate surface area is 707 Å². The van der Waals surface area contributed by atoms with Crippen LogP contribution in [0.15, 0.2) is 97.1 Å². The normalized spacial score (nSPS) is 12.2. The van der Waals surface area contributed by atoms with Crippen LogP contribution >= 0.6 is 37.9 Å². The number of rotatable bonds is 82. The van der Waals surface area contributed by atoms with Gasteiger partial charge in [-0.05, 0) is 146 Å². The van der Waals surface area contributed by atoms with Crippen LogP contribution in [0.5, 0.6) is 23.0 Å². The number of hydrogen-bond donors (Lipinski definition) is 0. The Morgan fingerprint density at radius 3 is 0.796 bits per heavy atom. The van der Waals surface area contributed by atoms with Crippen molar-refractivity contribution in [1.82, 2.24) is 0 Å². The molecule has 0 radical (unpaired) electrons. The van der Waals surface area contributed by atoms with Crippen molar-refractivity contribution in [1.29, 1.82) is 0 Å². The molecule has 4 aromatic carbocycles. The Balaban J connectivity index is 1.27. The van der Waals surface area contributed by atoms with E-state index in [1.165, 1.54) is 356 Å². The zero-order valence-corrected chi connectivity index (χ0v) is 77.2. The van der Waals surface area contributed by atoms with Crippen molar-refractivity contribution in [3.63, 3.8) is 0 Å². The fourth-order valence-electron chi connectivity index (χ4n) is 15.3. The van der Waals surface area contributed by atoms with E-state index in [9.17, 15) is 9.59 Å². The van der Waals surface area contributed by atoms with Gasteiger partial charge in [0.05, 0.1) is 13.2 Å². The lowest BCUT2D eigenvalue weighted by Gasteiger charge is -2.27. The Morgan fingerprint density at radius 1 is 0.274 bits per heavy atom. The number of aryl methyl sites for hydroxylation is 2. The third-order valence-corrected chi connectivity index (χ3v) is 28.9. The number of para-hydroxylation sites is 2. The quantitative estimate of drug-likeness (QED) is 0.0242. The highest BCUT2D eigenvalue weighted by Crippen LogP contribution is 2.54. The molecule has 644 valence electrons. The number of esters is 2. The SMILES string of the molecule is CCCCCCCCCCCCOC(=O)CCCCCCCCCCCCSP(Oc1ccc(C(C)(C)c2ccc(OP(Oc3ccccc3CCCCCCCCCCCC)SCCCCCCCCCCCCC(=O)OCCCCCCCCCCCC)cc2)cc1)Oc1ccccc1CCCCCCCCCCCC. The van der Waals surface area contributed by atoms with E-state index in [0.29, 0.717) is 26.1 Å². The maximum atomic E-state index is 12.3. The fourth-order valence-corrected chi connectivity index (χ4v) is 21.1. The summed E-state index contributed by atoms with van der Waals surface area (Å²) in [6.45, 7) is 15.0. The van der Waals surface area contributed by atoms with Gasteiger partial charge in [0.25, 0.3) is 0 Å². The topological polar surface area (TPSA) is 89.5 Å². The Morgan fingerprint density at radius 2 is 0.513 bits per heavy atom. The number of benzene rings is 4. The lowest BCUT2D eigenvalue weighted by atomic mass is 9.78. The van der Waals surface area contributed by atoms with E-state index in [1.807, 2.05) is 22.8 Å². The molecule has 113 heavy (non-hydrogen) atoms. The molecule has 4 aromatic rings. The molecule has 0 heterocycles. The molecule has 12 heteroatoms. The molecule has 2 unspecified atom stereocenters. The van der Waals surface area contributed by atoms with Gasteiger partial charge >= 0.3 is 27.1 Å². The number of hydrogen-bond acceptors (Lipinski definition) is 10. The average Bonchev–Trinajstić information content (AvgIpc) is 0.798. The van der Waals surface area contributed by atoms with Gasteiger partial charge in [-0.1, -0.05) is 436 Å². The van der Waals surface area contributed by atoms with Crippen molar-refractivity contribution in [2.75, 3.05) is 24.7 Å². The second kappa shape index (κ2) is 73.7. The molecule has 0 N–H and O–H groups in total. The summed E-state index contributed by atoms with van der Waals surface area (Å²) in [5.74, 6) is 5.63. The fraction of sp³-hybridized carbons (Fsp3) is 0.743. The molecule has 0 amide bonds. The molecule has 0 bridgehead atoms. The second-order valence-corrected chi connectivity index (χ2v) is 39.9. The van der Waals surface area contributed by atoms with Crippen LogP contribution in [0, 0.1) is 0 Å². The molecule has 2 atom stereocenters. The zero-order chi connectivity index (χ0) is 80.5. The van der Waals surface area contributed by atoms with Crippen molar-refractivity contribution in [2.45, 2.75) is 458 Å². The lowest BCUT2D eigenvalue weighted by Crippen LogP contribution is -2.18. The third-order valence-electron chi connectivity index (χ3n) is 22.9. The van der Waals surface area contributed by atoms with Gasteiger partial charge < -0.3 is 27.6 Å². The van der Waals surface area contributed by atoms with Gasteiger partial charge in [0, 0.05) is 29.8 Å². The molecule has 0 aliphatic carbocycles. The predicted octanol–water partition coefficient (Wildman–Crippen LogP) is 35.3. The lowest BCUT2D eigenvalue weighted by molar-refractivity contribution is -0.144. The summed E-state index contributed by atoms with van der Waals surface area (Å²) < 4.78 is 38.9. The minimum atomic E-state index is -1.30. The van der Waals surface area contributed by atoms with E-state index in [4.69, 9.17) is 27.6 Å². The Bertz CT molecular complexity index is 2600. The highest BCUT2D eigenvalue weighted by Gasteiger charge is 2.26. The molecular formula is C101H170O8P2S2. The first-order valence-electron chi connectivity index (χ1n) is 47.9. The molecule has 0 aromatic heterocycles. The molecule has 4 rings (SSSR count). The van der Waals surface area contributed by atoms with Gasteiger partial charge in [0.2, 0.25) is 0 Å². The van der Waals surface area contributed by atoms with Crippen LogP contribution < -0.4 is 18.1 Å². The van der Waals surface area contributed by atoms with E-state index in [0.717, 1.165) is 98.7 Å². The minimum Gasteiger partial charge on any atom is -0.466 e. The second-order valence-electron chi connectivity index (χ2n) is 33.6. The first kappa shape index (κ1) is 102. The summed E-state index contributed by atoms with van der Waals surface area (Å²) in [7, 11) is -2.59. The van der Waals surface area contributed by atoms with E-state index >= 15 is 0 Å². The maximum absolute atomic E-state index is 12.3. The van der Waals surface area contributed by atoms with Gasteiger partial charge in [0.15, 0.2) is 0 Å². The monoisotopic (exact) mass is 1640 g/mol. The highest BCUT2D eigenvalue weighted by molar-refractivity contribution is 8.53. The summed E-state index contributed by atoms with van der Waals surface area (Å²) in [5, 5.41) is 0. The molecule has 0 aliphatic rings. The van der Waals surface area contributed by atoms with Crippen LogP contribution in [-0.4, -0.2) is 36.7 Å². The van der Waals surface area contributed by atoms with E-state index in [1.54, 1.807) is 0 Å². The molecule has 0 saturated heterocycles. The first-order chi connectivity index (χ1) is 55.7. The van der Waals surface area contributed by atoms with Crippen LogP contribution in [0.25, 0.3) is 0 Å². The predicted molar refractivity (Wildman–Crippen MR) is 497 cm³/mol. The van der Waals surface area contributed by atoms with Crippen molar-refractivity contribution in [3.05, 3.63) is 119 Å². The van der Waals surface area contributed by atoms with Crippen molar-refractivity contribution < 1.29 is 37.2 Å². The Kier molecular flexibility index (Phi) is 66.5. The molecule has 0 fully saturated rings. The summed E-state index contributed by atoms with van der Waals surface area (Å²) in [4.78, 5) is 24.7. The van der Waals surface area contributed by atoms with Crippen LogP contribution in [0.4, 0.5) is 0 Å². The molecule has 0 saturated carbocycles. The third kappa shape index (κ3) is 55.9. The van der Waals surface area contributed by atoms with Gasteiger partial charge in [-0.25, -0.2) is 0 Å². The summed E-state index contributed by atoms with van der Waals surface area (Å²) >= 11 is 3.70. The molecule has 0 spiro atoms. The van der Waals surface area contributed by atoms with Gasteiger partial charge in [-0.15, -0.1) is 0 Å². The first-order valence-corrected chi connectivity index (χ1v) is 53.5. The molecule has 8 nitrogen and oxygen atoms in total. The van der Waals surface area contributed by atoms with Crippen molar-refractivity contribution in [3.8, 4) is 23.0 Å². The molecular weight excluding hydrogens is 1470 g/mol. The van der Waals surface area contributed by atoms with Crippen molar-refractivity contribution in [2.24, 2.45) is 0 Å². The van der Waals surface area contributed by atoms with Crippen LogP contribution in [0.1, 0.15) is 462 Å². The smallest absolute Gasteiger partial charge is 0.360 e. The summed E-state index contributed by atoms with van der Waals surface area (Å²) in [5.41, 5.74) is 4.76. The van der Waals surface area contributed by atoms with Gasteiger partial charge in [-0.3, -0.25) is 9.59 Å². The summed E-state index contributed by atoms with van der Waals surface area (Å²) in [6, 6.07) is 35.0. The summed E-state index contributed by atoms with van der Waals surface area (Å²) in [6.07, 6.45) is 79.7. The van der Waals surface area contributed by atoms with E-state index in [-0.39, 0.29) is 17.4 Å². The number of carbonyl (C=O) groups is 2. The van der Waals surface area contributed by atoms with Gasteiger partial charge in [0.1, 0.15) is 23.0 Å². The highest BCUT2D eigenvalue weighted by atomic mass is 32.7. The number of carbonyl (C=O) groups excluding carboxylic acids is 2. The Hall–Kier alpha value is -3.42. The van der Waals surface area contributed by atoms with E-state index in [2.05, 4.69) is 139 Å². The van der Waals surface area contributed by atoms with Crippen LogP contribution in [-0.2, 0) is 37.3 Å².